The minimum absolute atomic E-state index is 0.324. The summed E-state index contributed by atoms with van der Waals surface area (Å²) >= 11 is 0. The first-order valence-corrected chi connectivity index (χ1v) is 7.24. The van der Waals surface area contributed by atoms with E-state index in [2.05, 4.69) is 18.7 Å². The van der Waals surface area contributed by atoms with E-state index in [1.54, 1.807) is 0 Å². The smallest absolute Gasteiger partial charge is 0.0472 e. The second-order valence-electron chi connectivity index (χ2n) is 5.98. The molecule has 17 heavy (non-hydrogen) atoms. The van der Waals surface area contributed by atoms with Gasteiger partial charge in [-0.25, -0.2) is 0 Å². The number of nitrogens with zero attached hydrogens (tertiary/aromatic N) is 1. The molecule has 2 aliphatic heterocycles. The Bertz CT molecular complexity index is 238. The minimum Gasteiger partial charge on any atom is -0.381 e. The van der Waals surface area contributed by atoms with Crippen LogP contribution in [0.4, 0.5) is 0 Å². The summed E-state index contributed by atoms with van der Waals surface area (Å²) in [6.07, 6.45) is 6.29. The predicted octanol–water partition coefficient (Wildman–Crippen LogP) is 2.00. The highest BCUT2D eigenvalue weighted by Crippen LogP contribution is 2.35. The lowest BCUT2D eigenvalue weighted by atomic mass is 9.79. The predicted molar refractivity (Wildman–Crippen MR) is 71.0 cm³/mol. The lowest BCUT2D eigenvalue weighted by Crippen LogP contribution is -2.49. The Morgan fingerprint density at radius 1 is 1.29 bits per heavy atom. The molecule has 2 heterocycles. The molecule has 2 rings (SSSR count). The molecular formula is C14H28N2O. The number of hydrogen-bond donors (Lipinski definition) is 1. The van der Waals surface area contributed by atoms with Crippen LogP contribution in [0.5, 0.6) is 0 Å². The Kier molecular flexibility index (Phi) is 4.45. The van der Waals surface area contributed by atoms with Gasteiger partial charge in [0.25, 0.3) is 0 Å². The van der Waals surface area contributed by atoms with Crippen LogP contribution in [0.2, 0.25) is 0 Å². The first-order chi connectivity index (χ1) is 8.21. The molecular weight excluding hydrogens is 212 g/mol. The van der Waals surface area contributed by atoms with E-state index in [1.807, 2.05) is 0 Å². The SMILES string of the molecule is CCC1CCC(C)N1CC1(CN)CCOCC1. The van der Waals surface area contributed by atoms with Crippen molar-refractivity contribution in [3.63, 3.8) is 0 Å². The van der Waals surface area contributed by atoms with Crippen molar-refractivity contribution in [3.05, 3.63) is 0 Å². The monoisotopic (exact) mass is 240 g/mol. The second-order valence-corrected chi connectivity index (χ2v) is 5.98. The quantitative estimate of drug-likeness (QED) is 0.817. The van der Waals surface area contributed by atoms with Crippen molar-refractivity contribution in [2.45, 2.75) is 58.0 Å². The van der Waals surface area contributed by atoms with Crippen LogP contribution in [0.1, 0.15) is 46.0 Å². The molecule has 3 heteroatoms. The van der Waals surface area contributed by atoms with Crippen LogP contribution in [0.15, 0.2) is 0 Å². The molecule has 0 aromatic rings. The Morgan fingerprint density at radius 2 is 2.00 bits per heavy atom. The molecule has 2 unspecified atom stereocenters. The van der Waals surface area contributed by atoms with Gasteiger partial charge in [0.1, 0.15) is 0 Å². The lowest BCUT2D eigenvalue weighted by molar-refractivity contribution is -0.00832. The molecule has 2 fully saturated rings. The molecule has 2 atom stereocenters. The highest BCUT2D eigenvalue weighted by Gasteiger charge is 2.38. The standard InChI is InChI=1S/C14H28N2O/c1-3-13-5-4-12(2)16(13)11-14(10-15)6-8-17-9-7-14/h12-13H,3-11,15H2,1-2H3. The Hall–Kier alpha value is -0.120. The van der Waals surface area contributed by atoms with Gasteiger partial charge in [-0.2, -0.15) is 0 Å². The maximum Gasteiger partial charge on any atom is 0.0472 e. The molecule has 3 nitrogen and oxygen atoms in total. The van der Waals surface area contributed by atoms with Crippen molar-refractivity contribution < 1.29 is 4.74 Å². The summed E-state index contributed by atoms with van der Waals surface area (Å²) in [6, 6.07) is 1.53. The van der Waals surface area contributed by atoms with E-state index in [1.165, 1.54) is 25.8 Å². The molecule has 100 valence electrons. The number of rotatable bonds is 4. The molecule has 2 N–H and O–H groups in total. The van der Waals surface area contributed by atoms with Gasteiger partial charge in [-0.05, 0) is 51.0 Å². The zero-order chi connectivity index (χ0) is 12.3. The topological polar surface area (TPSA) is 38.5 Å². The molecule has 0 saturated carbocycles. The third-order valence-electron chi connectivity index (χ3n) is 4.93. The largest absolute Gasteiger partial charge is 0.381 e. The normalized spacial score (nSPS) is 34.1. The summed E-state index contributed by atoms with van der Waals surface area (Å²) < 4.78 is 5.50. The highest BCUT2D eigenvalue weighted by molar-refractivity contribution is 4.92. The van der Waals surface area contributed by atoms with Crippen LogP contribution >= 0.6 is 0 Å². The van der Waals surface area contributed by atoms with Crippen LogP contribution < -0.4 is 5.73 Å². The fraction of sp³-hybridized carbons (Fsp3) is 1.00. The van der Waals surface area contributed by atoms with Crippen LogP contribution in [0, 0.1) is 5.41 Å². The Labute approximate surface area is 106 Å². The minimum atomic E-state index is 0.324. The van der Waals surface area contributed by atoms with Gasteiger partial charge in [0.15, 0.2) is 0 Å². The van der Waals surface area contributed by atoms with Crippen LogP contribution in [-0.4, -0.2) is 43.3 Å². The van der Waals surface area contributed by atoms with E-state index in [0.717, 1.165) is 44.7 Å². The Morgan fingerprint density at radius 3 is 2.59 bits per heavy atom. The van der Waals surface area contributed by atoms with Crippen molar-refractivity contribution in [2.24, 2.45) is 11.1 Å². The summed E-state index contributed by atoms with van der Waals surface area (Å²) in [6.45, 7) is 8.49. The molecule has 0 amide bonds. The van der Waals surface area contributed by atoms with Gasteiger partial charge in [0.2, 0.25) is 0 Å². The maximum atomic E-state index is 6.07. The van der Waals surface area contributed by atoms with Crippen molar-refractivity contribution >= 4 is 0 Å². The van der Waals surface area contributed by atoms with E-state index in [4.69, 9.17) is 10.5 Å². The molecule has 0 aliphatic carbocycles. The van der Waals surface area contributed by atoms with Crippen molar-refractivity contribution in [2.75, 3.05) is 26.3 Å². The number of likely N-dealkylation sites (tertiary alicyclic amines) is 1. The van der Waals surface area contributed by atoms with Crippen molar-refractivity contribution in [1.29, 1.82) is 0 Å². The van der Waals surface area contributed by atoms with Crippen LogP contribution in [0.25, 0.3) is 0 Å². The summed E-state index contributed by atoms with van der Waals surface area (Å²) in [7, 11) is 0. The zero-order valence-electron chi connectivity index (χ0n) is 11.5. The highest BCUT2D eigenvalue weighted by atomic mass is 16.5. The number of ether oxygens (including phenoxy) is 1. The molecule has 0 radical (unpaired) electrons. The van der Waals surface area contributed by atoms with Gasteiger partial charge in [-0.15, -0.1) is 0 Å². The summed E-state index contributed by atoms with van der Waals surface area (Å²) in [5.41, 5.74) is 6.39. The maximum absolute atomic E-state index is 6.07. The lowest BCUT2D eigenvalue weighted by Gasteiger charge is -2.42. The first-order valence-electron chi connectivity index (χ1n) is 7.24. The summed E-state index contributed by atoms with van der Waals surface area (Å²) in [5.74, 6) is 0. The van der Waals surface area contributed by atoms with Gasteiger partial charge >= 0.3 is 0 Å². The van der Waals surface area contributed by atoms with E-state index in [-0.39, 0.29) is 0 Å². The molecule has 0 bridgehead atoms. The van der Waals surface area contributed by atoms with Gasteiger partial charge in [0.05, 0.1) is 0 Å². The fourth-order valence-electron chi connectivity index (χ4n) is 3.47. The van der Waals surface area contributed by atoms with Gasteiger partial charge < -0.3 is 10.5 Å². The van der Waals surface area contributed by atoms with E-state index >= 15 is 0 Å². The van der Waals surface area contributed by atoms with Gasteiger partial charge in [0, 0.05) is 31.8 Å². The average Bonchev–Trinajstić information content (AvgIpc) is 2.72. The number of nitrogens with two attached hydrogens (primary N) is 1. The van der Waals surface area contributed by atoms with E-state index in [0.29, 0.717) is 5.41 Å². The van der Waals surface area contributed by atoms with Crippen molar-refractivity contribution in [1.82, 2.24) is 4.90 Å². The third-order valence-corrected chi connectivity index (χ3v) is 4.93. The first kappa shape index (κ1) is 13.3. The zero-order valence-corrected chi connectivity index (χ0v) is 11.5. The molecule has 2 saturated heterocycles. The summed E-state index contributed by atoms with van der Waals surface area (Å²) in [5, 5.41) is 0. The molecule has 0 aromatic carbocycles. The van der Waals surface area contributed by atoms with Crippen LogP contribution in [-0.2, 0) is 4.74 Å². The number of hydrogen-bond acceptors (Lipinski definition) is 3. The van der Waals surface area contributed by atoms with E-state index < -0.39 is 0 Å². The van der Waals surface area contributed by atoms with Gasteiger partial charge in [-0.1, -0.05) is 6.92 Å². The van der Waals surface area contributed by atoms with Gasteiger partial charge in [-0.3, -0.25) is 4.90 Å². The molecule has 2 aliphatic rings. The third kappa shape index (κ3) is 2.83. The fourth-order valence-corrected chi connectivity index (χ4v) is 3.47. The Balaban J connectivity index is 2.01. The molecule has 0 spiro atoms. The second kappa shape index (κ2) is 5.68. The van der Waals surface area contributed by atoms with E-state index in [9.17, 15) is 0 Å². The average molecular weight is 240 g/mol. The van der Waals surface area contributed by atoms with Crippen LogP contribution in [0.3, 0.4) is 0 Å². The molecule has 0 aromatic heterocycles. The summed E-state index contributed by atoms with van der Waals surface area (Å²) in [4.78, 5) is 2.72. The van der Waals surface area contributed by atoms with Crippen molar-refractivity contribution in [3.8, 4) is 0 Å².